The number of para-hydroxylation sites is 1. The van der Waals surface area contributed by atoms with Crippen LogP contribution in [0.1, 0.15) is 35.5 Å². The zero-order chi connectivity index (χ0) is 32.6. The van der Waals surface area contributed by atoms with Crippen molar-refractivity contribution in [3.63, 3.8) is 0 Å². The first-order valence-corrected chi connectivity index (χ1v) is 16.8. The standard InChI is InChI=1S/C34H40ClN5O4S/c1-23-20-39(22-26-13-9-7-10-14-26)21-24(2)31(23)36(4)33(41)27-17-18-29(35)30(19-27)45(43,44)38(6)32-25(3)37(5)40(34(32)42)28-15-11-8-12-16-28/h7-19,23-24,31H,20-22H2,1-6H3. The second-order valence-corrected chi connectivity index (χ2v) is 14.4. The van der Waals surface area contributed by atoms with Gasteiger partial charge in [-0.3, -0.25) is 23.5 Å². The minimum Gasteiger partial charge on any atom is -0.338 e. The van der Waals surface area contributed by atoms with Crippen molar-refractivity contribution in [2.75, 3.05) is 31.5 Å². The molecule has 0 bridgehead atoms. The van der Waals surface area contributed by atoms with E-state index in [1.807, 2.05) is 24.3 Å². The monoisotopic (exact) mass is 649 g/mol. The SMILES string of the molecule is Cc1c(N(C)S(=O)(=O)c2cc(C(=O)N(C)C3C(C)CN(Cc4ccccc4)CC3C)ccc2Cl)c(=O)n(-c2ccccc2)n1C. The minimum atomic E-state index is -4.32. The van der Waals surface area contributed by atoms with Gasteiger partial charge in [-0.2, -0.15) is 0 Å². The number of sulfonamides is 1. The second kappa shape index (κ2) is 12.9. The van der Waals surface area contributed by atoms with Crippen molar-refractivity contribution < 1.29 is 13.2 Å². The molecule has 1 amide bonds. The Morgan fingerprint density at radius 1 is 0.933 bits per heavy atom. The molecule has 1 aromatic heterocycles. The number of nitrogens with zero attached hydrogens (tertiary/aromatic N) is 5. The molecule has 1 aliphatic heterocycles. The first kappa shape index (κ1) is 32.5. The molecule has 9 nitrogen and oxygen atoms in total. The summed E-state index contributed by atoms with van der Waals surface area (Å²) in [5, 5.41) is -0.0334. The predicted octanol–water partition coefficient (Wildman–Crippen LogP) is 5.19. The van der Waals surface area contributed by atoms with Gasteiger partial charge >= 0.3 is 0 Å². The summed E-state index contributed by atoms with van der Waals surface area (Å²) in [6.45, 7) is 8.51. The number of amides is 1. The van der Waals surface area contributed by atoms with Crippen molar-refractivity contribution in [2.24, 2.45) is 18.9 Å². The molecule has 11 heteroatoms. The summed E-state index contributed by atoms with van der Waals surface area (Å²) in [5.74, 6) is 0.107. The minimum absolute atomic E-state index is 0.00354. The predicted molar refractivity (Wildman–Crippen MR) is 179 cm³/mol. The molecule has 2 unspecified atom stereocenters. The lowest BCUT2D eigenvalue weighted by Crippen LogP contribution is -2.55. The molecule has 238 valence electrons. The van der Waals surface area contributed by atoms with Crippen LogP contribution in [0.2, 0.25) is 5.02 Å². The van der Waals surface area contributed by atoms with Crippen molar-refractivity contribution >= 4 is 33.2 Å². The molecule has 1 saturated heterocycles. The van der Waals surface area contributed by atoms with E-state index >= 15 is 0 Å². The average molecular weight is 650 g/mol. The van der Waals surface area contributed by atoms with Gasteiger partial charge in [-0.1, -0.05) is 74.0 Å². The number of anilines is 1. The van der Waals surface area contributed by atoms with Crippen molar-refractivity contribution in [2.45, 2.75) is 38.3 Å². The Balaban J connectivity index is 1.40. The van der Waals surface area contributed by atoms with E-state index in [0.717, 1.165) is 23.9 Å². The van der Waals surface area contributed by atoms with E-state index in [9.17, 15) is 18.0 Å². The maximum atomic E-state index is 14.0. The number of rotatable bonds is 8. The largest absolute Gasteiger partial charge is 0.338 e. The molecule has 2 heterocycles. The highest BCUT2D eigenvalue weighted by atomic mass is 35.5. The Hall–Kier alpha value is -3.86. The van der Waals surface area contributed by atoms with Gasteiger partial charge in [0.1, 0.15) is 10.6 Å². The second-order valence-electron chi connectivity index (χ2n) is 12.1. The van der Waals surface area contributed by atoms with Gasteiger partial charge in [0.05, 0.1) is 16.4 Å². The summed E-state index contributed by atoms with van der Waals surface area (Å²) in [7, 11) is 0.487. The quantitative estimate of drug-likeness (QED) is 0.262. The molecule has 2 atom stereocenters. The van der Waals surface area contributed by atoms with Crippen molar-refractivity contribution in [1.82, 2.24) is 19.2 Å². The van der Waals surface area contributed by atoms with Crippen LogP contribution in [0, 0.1) is 18.8 Å². The first-order chi connectivity index (χ1) is 21.3. The number of likely N-dealkylation sites (tertiary alicyclic amines) is 1. The lowest BCUT2D eigenvalue weighted by Gasteiger charge is -2.45. The van der Waals surface area contributed by atoms with Crippen LogP contribution in [0.15, 0.2) is 88.6 Å². The molecule has 0 radical (unpaired) electrons. The number of benzene rings is 3. The lowest BCUT2D eigenvalue weighted by molar-refractivity contribution is 0.0271. The van der Waals surface area contributed by atoms with Gasteiger partial charge in [0.15, 0.2) is 0 Å². The van der Waals surface area contributed by atoms with Crippen molar-refractivity contribution in [3.8, 4) is 5.69 Å². The third-order valence-electron chi connectivity index (χ3n) is 8.93. The normalized spacial score (nSPS) is 19.0. The van der Waals surface area contributed by atoms with Crippen LogP contribution in [0.4, 0.5) is 5.69 Å². The summed E-state index contributed by atoms with van der Waals surface area (Å²) in [5.41, 5.74) is 2.04. The van der Waals surface area contributed by atoms with Crippen molar-refractivity contribution in [1.29, 1.82) is 0 Å². The molecular weight excluding hydrogens is 610 g/mol. The van der Waals surface area contributed by atoms with Crippen LogP contribution in [0.25, 0.3) is 5.69 Å². The number of hydrogen-bond donors (Lipinski definition) is 0. The van der Waals surface area contributed by atoms with Crippen LogP contribution >= 0.6 is 11.6 Å². The first-order valence-electron chi connectivity index (χ1n) is 15.0. The smallest absolute Gasteiger partial charge is 0.296 e. The van der Waals surface area contributed by atoms with Gasteiger partial charge in [0.25, 0.3) is 21.5 Å². The Morgan fingerprint density at radius 2 is 1.51 bits per heavy atom. The molecule has 1 aliphatic rings. The van der Waals surface area contributed by atoms with Crippen LogP contribution in [-0.2, 0) is 23.6 Å². The van der Waals surface area contributed by atoms with Gasteiger partial charge in [-0.15, -0.1) is 0 Å². The summed E-state index contributed by atoms with van der Waals surface area (Å²) >= 11 is 6.46. The number of carbonyl (C=O) groups excluding carboxylic acids is 1. The zero-order valence-electron chi connectivity index (χ0n) is 26.5. The molecule has 4 aromatic rings. The Kier molecular flexibility index (Phi) is 9.30. The highest BCUT2D eigenvalue weighted by Crippen LogP contribution is 2.32. The van der Waals surface area contributed by atoms with Crippen LogP contribution in [0.5, 0.6) is 0 Å². The van der Waals surface area contributed by atoms with E-state index < -0.39 is 15.6 Å². The lowest BCUT2D eigenvalue weighted by atomic mass is 9.84. The molecule has 1 fully saturated rings. The van der Waals surface area contributed by atoms with Crippen LogP contribution in [-0.4, -0.2) is 66.7 Å². The molecule has 5 rings (SSSR count). The number of hydrogen-bond acceptors (Lipinski definition) is 5. The van der Waals surface area contributed by atoms with Gasteiger partial charge in [0.2, 0.25) is 0 Å². The van der Waals surface area contributed by atoms with Crippen LogP contribution in [0.3, 0.4) is 0 Å². The highest BCUT2D eigenvalue weighted by molar-refractivity contribution is 7.93. The number of halogens is 1. The third kappa shape index (κ3) is 6.19. The maximum Gasteiger partial charge on any atom is 0.296 e. The maximum absolute atomic E-state index is 14.0. The zero-order valence-corrected chi connectivity index (χ0v) is 28.1. The van der Waals surface area contributed by atoms with Gasteiger partial charge < -0.3 is 4.90 Å². The van der Waals surface area contributed by atoms with Crippen LogP contribution < -0.4 is 9.86 Å². The summed E-state index contributed by atoms with van der Waals surface area (Å²) in [4.78, 5) is 31.3. The average Bonchev–Trinajstić information content (AvgIpc) is 3.23. The van der Waals surface area contributed by atoms with E-state index in [4.69, 9.17) is 11.6 Å². The van der Waals surface area contributed by atoms with E-state index in [0.29, 0.717) is 11.4 Å². The fourth-order valence-corrected chi connectivity index (χ4v) is 8.50. The summed E-state index contributed by atoms with van der Waals surface area (Å²) in [6.07, 6.45) is 0. The molecular formula is C34H40ClN5O4S. The fourth-order valence-electron chi connectivity index (χ4n) is 6.76. The van der Waals surface area contributed by atoms with E-state index in [-0.39, 0.29) is 45.0 Å². The third-order valence-corrected chi connectivity index (χ3v) is 11.2. The molecule has 3 aromatic carbocycles. The highest BCUT2D eigenvalue weighted by Gasteiger charge is 2.37. The molecule has 0 aliphatic carbocycles. The topological polar surface area (TPSA) is 87.9 Å². The molecule has 0 N–H and O–H groups in total. The number of aromatic nitrogens is 2. The number of carbonyl (C=O) groups is 1. The summed E-state index contributed by atoms with van der Waals surface area (Å²) < 4.78 is 32.0. The van der Waals surface area contributed by atoms with Crippen molar-refractivity contribution in [3.05, 3.63) is 111 Å². The molecule has 0 spiro atoms. The van der Waals surface area contributed by atoms with E-state index in [1.165, 1.54) is 29.4 Å². The summed E-state index contributed by atoms with van der Waals surface area (Å²) in [6, 6.07) is 23.6. The molecule has 45 heavy (non-hydrogen) atoms. The van der Waals surface area contributed by atoms with E-state index in [1.54, 1.807) is 60.9 Å². The molecule has 0 saturated carbocycles. The van der Waals surface area contributed by atoms with E-state index in [2.05, 4.69) is 30.9 Å². The Bertz CT molecular complexity index is 1840. The Morgan fingerprint density at radius 3 is 2.11 bits per heavy atom. The Labute approximate surface area is 270 Å². The number of piperidine rings is 1. The van der Waals surface area contributed by atoms with Gasteiger partial charge in [0, 0.05) is 52.4 Å². The van der Waals surface area contributed by atoms with Gasteiger partial charge in [-0.05, 0) is 54.7 Å². The van der Waals surface area contributed by atoms with Gasteiger partial charge in [-0.25, -0.2) is 13.1 Å². The fraction of sp³-hybridized carbons (Fsp3) is 0.353.